The number of hydrogen-bond donors (Lipinski definition) is 2. The molecule has 1 aromatic carbocycles. The molecule has 1 aromatic heterocycles. The van der Waals surface area contributed by atoms with Crippen molar-refractivity contribution in [1.29, 1.82) is 0 Å². The molecule has 1 amide bonds. The number of hydrogen-bond acceptors (Lipinski definition) is 6. The predicted molar refractivity (Wildman–Crippen MR) is 104 cm³/mol. The van der Waals surface area contributed by atoms with E-state index >= 15 is 0 Å². The number of carbonyl (C=O) groups excluding carboxylic acids is 1. The monoisotopic (exact) mass is 401 g/mol. The highest BCUT2D eigenvalue weighted by Crippen LogP contribution is 2.35. The van der Waals surface area contributed by atoms with E-state index in [2.05, 4.69) is 0 Å². The summed E-state index contributed by atoms with van der Waals surface area (Å²) in [7, 11) is 0. The molecule has 1 aliphatic rings. The largest absolute Gasteiger partial charge is 0.478 e. The SMILES string of the molecule is O=C(O)c1cc(C(=O)O)cc(N2C(=O)C(=CC=Cc3ccco3)SC2=S)c1. The smallest absolute Gasteiger partial charge is 0.335 e. The number of allylic oxidation sites excluding steroid dienone is 2. The van der Waals surface area contributed by atoms with E-state index in [1.807, 2.05) is 0 Å². The summed E-state index contributed by atoms with van der Waals surface area (Å²) < 4.78 is 5.33. The van der Waals surface area contributed by atoms with Gasteiger partial charge in [-0.25, -0.2) is 9.59 Å². The van der Waals surface area contributed by atoms with Gasteiger partial charge in [0.2, 0.25) is 0 Å². The topological polar surface area (TPSA) is 108 Å². The Labute approximate surface area is 162 Å². The van der Waals surface area contributed by atoms with Crippen LogP contribution in [0.2, 0.25) is 0 Å². The second-order valence-corrected chi connectivity index (χ2v) is 6.97. The Morgan fingerprint density at radius 1 is 1.15 bits per heavy atom. The van der Waals surface area contributed by atoms with Gasteiger partial charge in [0.1, 0.15) is 5.76 Å². The van der Waals surface area contributed by atoms with Gasteiger partial charge >= 0.3 is 11.9 Å². The second kappa shape index (κ2) is 7.60. The summed E-state index contributed by atoms with van der Waals surface area (Å²) in [4.78, 5) is 36.6. The second-order valence-electron chi connectivity index (χ2n) is 5.29. The van der Waals surface area contributed by atoms with Crippen LogP contribution < -0.4 is 4.90 Å². The van der Waals surface area contributed by atoms with E-state index in [0.29, 0.717) is 10.7 Å². The minimum absolute atomic E-state index is 0.0909. The summed E-state index contributed by atoms with van der Waals surface area (Å²) in [5.41, 5.74) is -0.408. The van der Waals surface area contributed by atoms with Crippen LogP contribution in [0.3, 0.4) is 0 Å². The number of furan rings is 1. The minimum Gasteiger partial charge on any atom is -0.478 e. The quantitative estimate of drug-likeness (QED) is 0.577. The van der Waals surface area contributed by atoms with Gasteiger partial charge in [0.15, 0.2) is 4.32 Å². The number of nitrogens with zero attached hydrogens (tertiary/aromatic N) is 1. The number of amides is 1. The molecule has 1 aliphatic heterocycles. The van der Waals surface area contributed by atoms with Gasteiger partial charge < -0.3 is 14.6 Å². The summed E-state index contributed by atoms with van der Waals surface area (Å²) in [6, 6.07) is 6.92. The highest BCUT2D eigenvalue weighted by atomic mass is 32.2. The molecule has 27 heavy (non-hydrogen) atoms. The lowest BCUT2D eigenvalue weighted by molar-refractivity contribution is -0.113. The normalized spacial score (nSPS) is 15.9. The summed E-state index contributed by atoms with van der Waals surface area (Å²) >= 11 is 6.25. The van der Waals surface area contributed by atoms with Crippen LogP contribution in [0, 0.1) is 0 Å². The molecule has 0 saturated carbocycles. The number of aromatic carboxylic acids is 2. The lowest BCUT2D eigenvalue weighted by Gasteiger charge is -2.16. The van der Waals surface area contributed by atoms with Gasteiger partial charge in [-0.05, 0) is 42.5 Å². The van der Waals surface area contributed by atoms with Crippen molar-refractivity contribution in [3.63, 3.8) is 0 Å². The number of carbonyl (C=O) groups is 3. The van der Waals surface area contributed by atoms with Gasteiger partial charge in [-0.2, -0.15) is 0 Å². The van der Waals surface area contributed by atoms with Crippen LogP contribution >= 0.6 is 24.0 Å². The molecule has 2 N–H and O–H groups in total. The van der Waals surface area contributed by atoms with Crippen LogP contribution in [-0.4, -0.2) is 32.4 Å². The van der Waals surface area contributed by atoms with E-state index in [1.165, 1.54) is 18.4 Å². The first-order valence-corrected chi connectivity index (χ1v) is 8.69. The molecule has 0 radical (unpaired) electrons. The highest BCUT2D eigenvalue weighted by Gasteiger charge is 2.33. The third-order valence-electron chi connectivity index (χ3n) is 3.51. The molecule has 3 rings (SSSR count). The molecule has 2 aromatic rings. The van der Waals surface area contributed by atoms with Gasteiger partial charge in [-0.3, -0.25) is 9.69 Å². The van der Waals surface area contributed by atoms with Crippen LogP contribution in [0.5, 0.6) is 0 Å². The third kappa shape index (κ3) is 3.99. The summed E-state index contributed by atoms with van der Waals surface area (Å²) in [6.07, 6.45) is 6.37. The first-order valence-electron chi connectivity index (χ1n) is 7.46. The number of benzene rings is 1. The number of thioether (sulfide) groups is 1. The van der Waals surface area contributed by atoms with Gasteiger partial charge in [-0.15, -0.1) is 0 Å². The Hall–Kier alpha value is -3.17. The molecule has 0 aliphatic carbocycles. The molecule has 136 valence electrons. The van der Waals surface area contributed by atoms with Crippen molar-refractivity contribution < 1.29 is 29.0 Å². The average molecular weight is 401 g/mol. The van der Waals surface area contributed by atoms with E-state index in [9.17, 15) is 24.6 Å². The standard InChI is InChI=1S/C18H11NO6S2/c20-15-14(5-1-3-13-4-2-6-25-13)27-18(26)19(15)12-8-10(16(21)22)7-11(9-12)17(23)24/h1-9H,(H,21,22)(H,23,24). The van der Waals surface area contributed by atoms with Crippen molar-refractivity contribution in [2.24, 2.45) is 0 Å². The fraction of sp³-hybridized carbons (Fsp3) is 0. The Kier molecular flexibility index (Phi) is 5.24. The van der Waals surface area contributed by atoms with Crippen LogP contribution in [0.15, 0.2) is 58.1 Å². The van der Waals surface area contributed by atoms with E-state index < -0.39 is 17.8 Å². The van der Waals surface area contributed by atoms with Gasteiger partial charge in [0.25, 0.3) is 5.91 Å². The molecule has 0 atom stereocenters. The van der Waals surface area contributed by atoms with Crippen molar-refractivity contribution in [1.82, 2.24) is 0 Å². The number of carboxylic acids is 2. The lowest BCUT2D eigenvalue weighted by Crippen LogP contribution is -2.28. The fourth-order valence-corrected chi connectivity index (χ4v) is 3.56. The van der Waals surface area contributed by atoms with Crippen LogP contribution in [0.25, 0.3) is 6.08 Å². The van der Waals surface area contributed by atoms with E-state index in [1.54, 1.807) is 30.4 Å². The maximum atomic E-state index is 12.7. The Morgan fingerprint density at radius 3 is 2.37 bits per heavy atom. The van der Waals surface area contributed by atoms with Crippen molar-refractivity contribution in [3.05, 3.63) is 70.5 Å². The predicted octanol–water partition coefficient (Wildman–Crippen LogP) is 3.64. The first kappa shape index (κ1) is 18.6. The molecule has 1 saturated heterocycles. The van der Waals surface area contributed by atoms with E-state index in [4.69, 9.17) is 16.6 Å². The Balaban J connectivity index is 1.93. The maximum absolute atomic E-state index is 12.7. The summed E-state index contributed by atoms with van der Waals surface area (Å²) in [5, 5.41) is 18.4. The summed E-state index contributed by atoms with van der Waals surface area (Å²) in [6.45, 7) is 0. The zero-order valence-corrected chi connectivity index (χ0v) is 15.1. The molecule has 0 unspecified atom stereocenters. The van der Waals surface area contributed by atoms with Crippen molar-refractivity contribution in [3.8, 4) is 0 Å². The van der Waals surface area contributed by atoms with E-state index in [-0.39, 0.29) is 21.1 Å². The molecule has 1 fully saturated rings. The van der Waals surface area contributed by atoms with Crippen LogP contribution in [0.4, 0.5) is 5.69 Å². The molecular formula is C18H11NO6S2. The zero-order chi connectivity index (χ0) is 19.6. The number of anilines is 1. The molecule has 0 spiro atoms. The summed E-state index contributed by atoms with van der Waals surface area (Å²) in [5.74, 6) is -2.46. The lowest BCUT2D eigenvalue weighted by atomic mass is 10.1. The van der Waals surface area contributed by atoms with Gasteiger partial charge in [0, 0.05) is 0 Å². The number of rotatable bonds is 5. The Morgan fingerprint density at radius 2 is 1.81 bits per heavy atom. The van der Waals surface area contributed by atoms with E-state index in [0.717, 1.165) is 22.7 Å². The molecule has 7 nitrogen and oxygen atoms in total. The van der Waals surface area contributed by atoms with Gasteiger partial charge in [0.05, 0.1) is 28.0 Å². The van der Waals surface area contributed by atoms with Crippen LogP contribution in [-0.2, 0) is 4.79 Å². The number of carboxylic acid groups (broad SMARTS) is 2. The third-order valence-corrected chi connectivity index (χ3v) is 4.84. The molecule has 0 bridgehead atoms. The zero-order valence-electron chi connectivity index (χ0n) is 13.5. The minimum atomic E-state index is -1.30. The first-order chi connectivity index (χ1) is 12.9. The Bertz CT molecular complexity index is 975. The van der Waals surface area contributed by atoms with Crippen molar-refractivity contribution >= 4 is 57.9 Å². The maximum Gasteiger partial charge on any atom is 0.335 e. The number of thiocarbonyl (C=S) groups is 1. The highest BCUT2D eigenvalue weighted by molar-refractivity contribution is 8.27. The molecular weight excluding hydrogens is 390 g/mol. The van der Waals surface area contributed by atoms with Crippen LogP contribution in [0.1, 0.15) is 26.5 Å². The fourth-order valence-electron chi connectivity index (χ4n) is 2.31. The molecule has 9 heteroatoms. The average Bonchev–Trinajstić information content (AvgIpc) is 3.23. The van der Waals surface area contributed by atoms with Crippen molar-refractivity contribution in [2.75, 3.05) is 4.90 Å². The van der Waals surface area contributed by atoms with Gasteiger partial charge in [-0.1, -0.05) is 30.1 Å². The molecule has 2 heterocycles. The van der Waals surface area contributed by atoms with Crippen molar-refractivity contribution in [2.45, 2.75) is 0 Å².